The smallest absolute Gasteiger partial charge is 0.170 e. The van der Waals surface area contributed by atoms with Crippen LogP contribution >= 0.6 is 23.3 Å². The standard InChI is InChI=1S/C13H25N3S2/c1-5-8-11(14-9-6-2)12(7-3)17-13-15-10(4)16-18-13/h11-12,14H,5-9H2,1-4H3. The highest BCUT2D eigenvalue weighted by Crippen LogP contribution is 2.30. The zero-order valence-electron chi connectivity index (χ0n) is 11.9. The first kappa shape index (κ1) is 15.9. The molecule has 0 amide bonds. The molecular formula is C13H25N3S2. The van der Waals surface area contributed by atoms with Crippen LogP contribution in [0.2, 0.25) is 0 Å². The second-order valence-electron chi connectivity index (χ2n) is 4.52. The highest BCUT2D eigenvalue weighted by molar-refractivity contribution is 8.01. The van der Waals surface area contributed by atoms with Gasteiger partial charge in [-0.15, -0.1) is 0 Å². The number of hydrogen-bond donors (Lipinski definition) is 1. The maximum atomic E-state index is 4.46. The number of thioether (sulfide) groups is 1. The molecule has 1 N–H and O–H groups in total. The summed E-state index contributed by atoms with van der Waals surface area (Å²) in [5, 5.41) is 4.28. The predicted molar refractivity (Wildman–Crippen MR) is 81.6 cm³/mol. The lowest BCUT2D eigenvalue weighted by molar-refractivity contribution is 0.454. The molecule has 0 aromatic carbocycles. The Balaban J connectivity index is 2.59. The van der Waals surface area contributed by atoms with Crippen LogP contribution in [0.4, 0.5) is 0 Å². The summed E-state index contributed by atoms with van der Waals surface area (Å²) in [6, 6.07) is 0.592. The number of nitrogens with zero attached hydrogens (tertiary/aromatic N) is 2. The van der Waals surface area contributed by atoms with Crippen LogP contribution < -0.4 is 5.32 Å². The van der Waals surface area contributed by atoms with E-state index in [0.717, 1.165) is 16.7 Å². The molecule has 5 heteroatoms. The van der Waals surface area contributed by atoms with E-state index in [4.69, 9.17) is 0 Å². The van der Waals surface area contributed by atoms with Crippen molar-refractivity contribution in [3.63, 3.8) is 0 Å². The van der Waals surface area contributed by atoms with Crippen LogP contribution in [0.1, 0.15) is 52.3 Å². The average Bonchev–Trinajstić information content (AvgIpc) is 2.77. The first-order valence-corrected chi connectivity index (χ1v) is 8.56. The van der Waals surface area contributed by atoms with Gasteiger partial charge in [0.15, 0.2) is 4.34 Å². The van der Waals surface area contributed by atoms with Gasteiger partial charge in [0.25, 0.3) is 0 Å². The normalized spacial score (nSPS) is 14.7. The highest BCUT2D eigenvalue weighted by Gasteiger charge is 2.21. The van der Waals surface area contributed by atoms with Gasteiger partial charge in [-0.1, -0.05) is 39.0 Å². The second-order valence-corrected chi connectivity index (χ2v) is 6.76. The van der Waals surface area contributed by atoms with E-state index in [0.29, 0.717) is 11.3 Å². The maximum absolute atomic E-state index is 4.46. The summed E-state index contributed by atoms with van der Waals surface area (Å²) in [6.07, 6.45) is 4.83. The first-order chi connectivity index (χ1) is 8.71. The lowest BCUT2D eigenvalue weighted by Crippen LogP contribution is -2.38. The van der Waals surface area contributed by atoms with Gasteiger partial charge in [-0.25, -0.2) is 4.98 Å². The zero-order chi connectivity index (χ0) is 13.4. The molecule has 0 radical (unpaired) electrons. The minimum atomic E-state index is 0.592. The summed E-state index contributed by atoms with van der Waals surface area (Å²) >= 11 is 3.42. The molecule has 0 fully saturated rings. The molecule has 0 bridgehead atoms. The Kier molecular flexibility index (Phi) is 7.86. The fourth-order valence-electron chi connectivity index (χ4n) is 1.97. The summed E-state index contributed by atoms with van der Waals surface area (Å²) in [7, 11) is 0. The van der Waals surface area contributed by atoms with E-state index in [2.05, 4.69) is 35.4 Å². The molecular weight excluding hydrogens is 262 g/mol. The van der Waals surface area contributed by atoms with Crippen LogP contribution in [0.3, 0.4) is 0 Å². The van der Waals surface area contributed by atoms with Crippen LogP contribution in [0.15, 0.2) is 4.34 Å². The number of aryl methyl sites for hydroxylation is 1. The van der Waals surface area contributed by atoms with E-state index in [1.54, 1.807) is 0 Å². The topological polar surface area (TPSA) is 37.8 Å². The van der Waals surface area contributed by atoms with Gasteiger partial charge >= 0.3 is 0 Å². The minimum Gasteiger partial charge on any atom is -0.313 e. The van der Waals surface area contributed by atoms with Crippen molar-refractivity contribution in [1.82, 2.24) is 14.7 Å². The molecule has 0 aliphatic rings. The van der Waals surface area contributed by atoms with Crippen LogP contribution in [0.5, 0.6) is 0 Å². The summed E-state index contributed by atoms with van der Waals surface area (Å²) in [4.78, 5) is 4.46. The Bertz CT molecular complexity index is 328. The van der Waals surface area contributed by atoms with Crippen molar-refractivity contribution < 1.29 is 0 Å². The largest absolute Gasteiger partial charge is 0.313 e. The molecule has 1 aromatic rings. The van der Waals surface area contributed by atoms with Crippen molar-refractivity contribution in [3.05, 3.63) is 5.82 Å². The Labute approximate surface area is 119 Å². The molecule has 2 atom stereocenters. The molecule has 2 unspecified atom stereocenters. The molecule has 0 aliphatic carbocycles. The van der Waals surface area contributed by atoms with E-state index in [1.165, 1.54) is 37.2 Å². The van der Waals surface area contributed by atoms with Gasteiger partial charge in [-0.3, -0.25) is 0 Å². The molecule has 104 valence electrons. The number of hydrogen-bond acceptors (Lipinski definition) is 5. The summed E-state index contributed by atoms with van der Waals surface area (Å²) in [5.74, 6) is 0.894. The average molecular weight is 287 g/mol. The molecule has 1 aromatic heterocycles. The summed E-state index contributed by atoms with van der Waals surface area (Å²) in [6.45, 7) is 9.81. The Morgan fingerprint density at radius 2 is 2.06 bits per heavy atom. The Morgan fingerprint density at radius 1 is 1.28 bits per heavy atom. The van der Waals surface area contributed by atoms with E-state index in [9.17, 15) is 0 Å². The van der Waals surface area contributed by atoms with Gasteiger partial charge in [0.1, 0.15) is 5.82 Å². The maximum Gasteiger partial charge on any atom is 0.170 e. The molecule has 0 saturated carbocycles. The Morgan fingerprint density at radius 3 is 2.56 bits per heavy atom. The zero-order valence-corrected chi connectivity index (χ0v) is 13.5. The molecule has 18 heavy (non-hydrogen) atoms. The van der Waals surface area contributed by atoms with Crippen LogP contribution in [0.25, 0.3) is 0 Å². The van der Waals surface area contributed by atoms with Crippen molar-refractivity contribution in [1.29, 1.82) is 0 Å². The van der Waals surface area contributed by atoms with Gasteiger partial charge < -0.3 is 5.32 Å². The molecule has 0 spiro atoms. The number of aromatic nitrogens is 2. The fraction of sp³-hybridized carbons (Fsp3) is 0.846. The third-order valence-corrected chi connectivity index (χ3v) is 5.24. The van der Waals surface area contributed by atoms with Crippen LogP contribution in [-0.2, 0) is 0 Å². The van der Waals surface area contributed by atoms with Crippen molar-refractivity contribution in [2.24, 2.45) is 0 Å². The van der Waals surface area contributed by atoms with Crippen molar-refractivity contribution >= 4 is 23.3 Å². The van der Waals surface area contributed by atoms with Crippen molar-refractivity contribution in [2.45, 2.75) is 69.0 Å². The summed E-state index contributed by atoms with van der Waals surface area (Å²) < 4.78 is 5.37. The minimum absolute atomic E-state index is 0.592. The van der Waals surface area contributed by atoms with Crippen LogP contribution in [-0.4, -0.2) is 27.2 Å². The van der Waals surface area contributed by atoms with E-state index < -0.39 is 0 Å². The summed E-state index contributed by atoms with van der Waals surface area (Å²) in [5.41, 5.74) is 0. The van der Waals surface area contributed by atoms with Gasteiger partial charge in [0.05, 0.1) is 0 Å². The second kappa shape index (κ2) is 8.88. The number of rotatable bonds is 9. The number of nitrogens with one attached hydrogen (secondary N) is 1. The van der Waals surface area contributed by atoms with Gasteiger partial charge in [-0.2, -0.15) is 4.37 Å². The SMILES string of the molecule is CCCNC(CCC)C(CC)Sc1nc(C)ns1. The van der Waals surface area contributed by atoms with Gasteiger partial charge in [0.2, 0.25) is 0 Å². The van der Waals surface area contributed by atoms with Crippen molar-refractivity contribution in [3.8, 4) is 0 Å². The molecule has 0 aliphatic heterocycles. The Hall–Kier alpha value is -0.130. The molecule has 3 nitrogen and oxygen atoms in total. The highest BCUT2D eigenvalue weighted by atomic mass is 32.2. The van der Waals surface area contributed by atoms with E-state index in [1.807, 2.05) is 18.7 Å². The first-order valence-electron chi connectivity index (χ1n) is 6.91. The lowest BCUT2D eigenvalue weighted by Gasteiger charge is -2.25. The molecule has 0 saturated heterocycles. The van der Waals surface area contributed by atoms with Gasteiger partial charge in [0, 0.05) is 11.3 Å². The lowest BCUT2D eigenvalue weighted by atomic mass is 10.1. The molecule has 1 heterocycles. The molecule has 1 rings (SSSR count). The predicted octanol–water partition coefficient (Wildman–Crippen LogP) is 3.89. The van der Waals surface area contributed by atoms with E-state index >= 15 is 0 Å². The van der Waals surface area contributed by atoms with Crippen LogP contribution in [0, 0.1) is 6.92 Å². The third kappa shape index (κ3) is 5.24. The third-order valence-electron chi connectivity index (χ3n) is 2.87. The fourth-order valence-corrected chi connectivity index (χ4v) is 4.05. The van der Waals surface area contributed by atoms with Crippen molar-refractivity contribution in [2.75, 3.05) is 6.54 Å². The van der Waals surface area contributed by atoms with E-state index in [-0.39, 0.29) is 0 Å². The van der Waals surface area contributed by atoms with Gasteiger partial charge in [-0.05, 0) is 44.3 Å². The monoisotopic (exact) mass is 287 g/mol. The quantitative estimate of drug-likeness (QED) is 0.699.